The molecule has 0 aliphatic heterocycles. The second-order valence-electron chi connectivity index (χ2n) is 7.35. The topological polar surface area (TPSA) is 125 Å². The zero-order chi connectivity index (χ0) is 22.5. The van der Waals surface area contributed by atoms with Gasteiger partial charge in [-0.25, -0.2) is 4.79 Å². The number of benzene rings is 2. The largest absolute Gasteiger partial charge is 0.490 e. The summed E-state index contributed by atoms with van der Waals surface area (Å²) < 4.78 is 16.6. The second kappa shape index (κ2) is 9.52. The number of rotatable bonds is 9. The van der Waals surface area contributed by atoms with Gasteiger partial charge in [-0.15, -0.1) is 0 Å². The van der Waals surface area contributed by atoms with Crippen molar-refractivity contribution in [3.05, 3.63) is 54.2 Å². The molecule has 0 bridgehead atoms. The molecule has 0 spiro atoms. The summed E-state index contributed by atoms with van der Waals surface area (Å²) in [4.78, 5) is 28.3. The average Bonchev–Trinajstić information content (AvgIpc) is 3.59. The number of primary amides is 1. The van der Waals surface area contributed by atoms with E-state index in [4.69, 9.17) is 19.9 Å². The fourth-order valence-corrected chi connectivity index (χ4v) is 3.17. The number of nitrogens with two attached hydrogens (primary N) is 1. The third-order valence-corrected chi connectivity index (χ3v) is 4.88. The van der Waals surface area contributed by atoms with E-state index in [0.29, 0.717) is 40.4 Å². The predicted octanol–water partition coefficient (Wildman–Crippen LogP) is 3.44. The normalized spacial score (nSPS) is 12.9. The van der Waals surface area contributed by atoms with Crippen LogP contribution in [0.2, 0.25) is 0 Å². The third-order valence-electron chi connectivity index (χ3n) is 4.88. The minimum absolute atomic E-state index is 0.185. The predicted molar refractivity (Wildman–Crippen MR) is 119 cm³/mol. The molecule has 9 heteroatoms. The van der Waals surface area contributed by atoms with Crippen molar-refractivity contribution in [3.63, 3.8) is 0 Å². The van der Waals surface area contributed by atoms with Crippen LogP contribution in [0.25, 0.3) is 10.9 Å². The van der Waals surface area contributed by atoms with Crippen LogP contribution in [0.1, 0.15) is 23.2 Å². The molecule has 0 atom stereocenters. The minimum atomic E-state index is -0.646. The molecule has 1 fully saturated rings. The zero-order valence-electron chi connectivity index (χ0n) is 17.6. The van der Waals surface area contributed by atoms with Crippen LogP contribution in [0.15, 0.2) is 48.7 Å². The fourth-order valence-electron chi connectivity index (χ4n) is 3.17. The van der Waals surface area contributed by atoms with E-state index in [1.165, 1.54) is 0 Å². The molecule has 0 saturated heterocycles. The lowest BCUT2D eigenvalue weighted by Gasteiger charge is -2.14. The SMILES string of the molecule is COCCOc1ccc2c(Oc3ccc(NC(=O)NC4CC4)cc3)ccnc2c1C(N)=O. The molecular formula is C23H24N4O5. The smallest absolute Gasteiger partial charge is 0.319 e. The van der Waals surface area contributed by atoms with Gasteiger partial charge in [0.2, 0.25) is 0 Å². The van der Waals surface area contributed by atoms with Gasteiger partial charge in [-0.05, 0) is 55.3 Å². The van der Waals surface area contributed by atoms with Crippen molar-refractivity contribution in [2.45, 2.75) is 18.9 Å². The number of urea groups is 1. The summed E-state index contributed by atoms with van der Waals surface area (Å²) in [5.74, 6) is 0.763. The first-order valence-electron chi connectivity index (χ1n) is 10.2. The van der Waals surface area contributed by atoms with E-state index in [1.54, 1.807) is 55.8 Å². The van der Waals surface area contributed by atoms with E-state index in [0.717, 1.165) is 12.8 Å². The molecule has 1 saturated carbocycles. The molecule has 1 aliphatic carbocycles. The van der Waals surface area contributed by atoms with Crippen LogP contribution in [0.3, 0.4) is 0 Å². The summed E-state index contributed by atoms with van der Waals surface area (Å²) in [6.45, 7) is 0.650. The van der Waals surface area contributed by atoms with Crippen LogP contribution in [0, 0.1) is 0 Å². The van der Waals surface area contributed by atoms with Crippen LogP contribution in [0.4, 0.5) is 10.5 Å². The maximum Gasteiger partial charge on any atom is 0.319 e. The Morgan fingerprint density at radius 3 is 2.53 bits per heavy atom. The van der Waals surface area contributed by atoms with Crippen molar-refractivity contribution < 1.29 is 23.8 Å². The number of nitrogens with one attached hydrogen (secondary N) is 2. The van der Waals surface area contributed by atoms with Gasteiger partial charge in [0.1, 0.15) is 29.4 Å². The molecule has 9 nitrogen and oxygen atoms in total. The number of aromatic nitrogens is 1. The number of hydrogen-bond acceptors (Lipinski definition) is 6. The lowest BCUT2D eigenvalue weighted by molar-refractivity contribution is 0.0994. The lowest BCUT2D eigenvalue weighted by Crippen LogP contribution is -2.30. The Labute approximate surface area is 184 Å². The van der Waals surface area contributed by atoms with Crippen LogP contribution in [-0.4, -0.2) is 43.3 Å². The Morgan fingerprint density at radius 2 is 1.84 bits per heavy atom. The summed E-state index contributed by atoms with van der Waals surface area (Å²) in [5, 5.41) is 6.28. The van der Waals surface area contributed by atoms with E-state index in [-0.39, 0.29) is 24.2 Å². The first kappa shape index (κ1) is 21.4. The van der Waals surface area contributed by atoms with E-state index >= 15 is 0 Å². The molecule has 1 heterocycles. The van der Waals surface area contributed by atoms with Crippen LogP contribution >= 0.6 is 0 Å². The van der Waals surface area contributed by atoms with Gasteiger partial charge in [-0.2, -0.15) is 0 Å². The minimum Gasteiger partial charge on any atom is -0.490 e. The van der Waals surface area contributed by atoms with Gasteiger partial charge in [0.05, 0.1) is 12.1 Å². The summed E-state index contributed by atoms with van der Waals surface area (Å²) in [7, 11) is 1.56. The first-order valence-corrected chi connectivity index (χ1v) is 10.2. The van der Waals surface area contributed by atoms with Gasteiger partial charge in [-0.1, -0.05) is 0 Å². The van der Waals surface area contributed by atoms with Crippen molar-refractivity contribution in [2.24, 2.45) is 5.73 Å². The van der Waals surface area contributed by atoms with Gasteiger partial charge >= 0.3 is 6.03 Å². The number of ether oxygens (including phenoxy) is 3. The van der Waals surface area contributed by atoms with Crippen molar-refractivity contribution in [2.75, 3.05) is 25.6 Å². The van der Waals surface area contributed by atoms with Crippen LogP contribution in [0.5, 0.6) is 17.2 Å². The van der Waals surface area contributed by atoms with Crippen LogP contribution < -0.4 is 25.8 Å². The number of fused-ring (bicyclic) bond motifs is 1. The summed E-state index contributed by atoms with van der Waals surface area (Å²) >= 11 is 0. The monoisotopic (exact) mass is 436 g/mol. The number of carbonyl (C=O) groups is 2. The number of methoxy groups -OCH3 is 1. The standard InChI is InChI=1S/C23H24N4O5/c1-30-12-13-31-19-9-8-17-18(10-11-25-21(17)20(19)22(24)28)32-16-6-4-15(5-7-16)27-23(29)26-14-2-3-14/h4-11,14H,2-3,12-13H2,1H3,(H2,24,28)(H2,26,27,29). The molecule has 0 unspecified atom stereocenters. The Bertz CT molecular complexity index is 1130. The molecular weight excluding hydrogens is 412 g/mol. The van der Waals surface area contributed by atoms with E-state index in [9.17, 15) is 9.59 Å². The van der Waals surface area contributed by atoms with Gasteiger partial charge in [-0.3, -0.25) is 9.78 Å². The maximum absolute atomic E-state index is 12.1. The molecule has 166 valence electrons. The Morgan fingerprint density at radius 1 is 1.06 bits per heavy atom. The van der Waals surface area contributed by atoms with Crippen molar-refractivity contribution in [3.8, 4) is 17.2 Å². The number of pyridine rings is 1. The molecule has 4 rings (SSSR count). The average molecular weight is 436 g/mol. The third kappa shape index (κ3) is 5.06. The van der Waals surface area contributed by atoms with Gasteiger partial charge in [0.15, 0.2) is 0 Å². The highest BCUT2D eigenvalue weighted by atomic mass is 16.5. The number of hydrogen-bond donors (Lipinski definition) is 3. The zero-order valence-corrected chi connectivity index (χ0v) is 17.6. The quantitative estimate of drug-likeness (QED) is 0.441. The van der Waals surface area contributed by atoms with Crippen molar-refractivity contribution >= 4 is 28.5 Å². The molecule has 2 aromatic carbocycles. The Balaban J connectivity index is 1.54. The van der Waals surface area contributed by atoms with Gasteiger partial charge in [0.25, 0.3) is 5.91 Å². The molecule has 1 aromatic heterocycles. The maximum atomic E-state index is 12.1. The molecule has 0 radical (unpaired) electrons. The lowest BCUT2D eigenvalue weighted by atomic mass is 10.1. The van der Waals surface area contributed by atoms with E-state index in [2.05, 4.69) is 15.6 Å². The number of anilines is 1. The highest BCUT2D eigenvalue weighted by molar-refractivity contribution is 6.08. The molecule has 3 amide bonds. The van der Waals surface area contributed by atoms with E-state index < -0.39 is 5.91 Å². The van der Waals surface area contributed by atoms with Gasteiger partial charge < -0.3 is 30.6 Å². The fraction of sp³-hybridized carbons (Fsp3) is 0.261. The highest BCUT2D eigenvalue weighted by Gasteiger charge is 2.23. The molecule has 1 aliphatic rings. The number of carbonyl (C=O) groups excluding carboxylic acids is 2. The Hall–Kier alpha value is -3.85. The Kier molecular flexibility index (Phi) is 6.37. The van der Waals surface area contributed by atoms with Crippen LogP contribution in [-0.2, 0) is 4.74 Å². The first-order chi connectivity index (χ1) is 15.5. The van der Waals surface area contributed by atoms with E-state index in [1.807, 2.05) is 0 Å². The second-order valence-corrected chi connectivity index (χ2v) is 7.35. The highest BCUT2D eigenvalue weighted by Crippen LogP contribution is 2.34. The molecule has 3 aromatic rings. The number of amides is 3. The summed E-state index contributed by atoms with van der Waals surface area (Å²) in [5.41, 5.74) is 6.84. The van der Waals surface area contributed by atoms with Gasteiger partial charge in [0, 0.05) is 30.4 Å². The summed E-state index contributed by atoms with van der Waals surface area (Å²) in [6.07, 6.45) is 3.60. The number of nitrogens with zero attached hydrogens (tertiary/aromatic N) is 1. The molecule has 32 heavy (non-hydrogen) atoms. The van der Waals surface area contributed by atoms with Crippen molar-refractivity contribution in [1.82, 2.24) is 10.3 Å². The summed E-state index contributed by atoms with van der Waals surface area (Å²) in [6, 6.07) is 12.2. The molecule has 4 N–H and O–H groups in total. The van der Waals surface area contributed by atoms with Crippen molar-refractivity contribution in [1.29, 1.82) is 0 Å².